The molecule has 7 atom stereocenters. The highest BCUT2D eigenvalue weighted by atomic mass is 32.2. The van der Waals surface area contributed by atoms with Crippen LogP contribution >= 0.6 is 7.82 Å². The van der Waals surface area contributed by atoms with Gasteiger partial charge in [-0.25, -0.2) is 17.8 Å². The molecular weight excluding hydrogens is 717 g/mol. The molecule has 0 saturated carbocycles. The summed E-state index contributed by atoms with van der Waals surface area (Å²) >= 11 is 0. The quantitative estimate of drug-likeness (QED) is 0.131. The number of hydrogen-bond donors (Lipinski definition) is 4. The molecule has 53 heavy (non-hydrogen) atoms. The zero-order valence-corrected chi connectivity index (χ0v) is 35.8. The number of nitrogens with zero attached hydrogens (tertiary/aromatic N) is 1. The second-order valence-corrected chi connectivity index (χ2v) is 19.6. The number of phosphoric acid groups is 1. The van der Waals surface area contributed by atoms with Crippen LogP contribution in [0.4, 0.5) is 10.5 Å². The van der Waals surface area contributed by atoms with Gasteiger partial charge in [0.2, 0.25) is 10.0 Å². The molecule has 1 fully saturated rings. The first-order chi connectivity index (χ1) is 24.2. The molecule has 1 aliphatic heterocycles. The van der Waals surface area contributed by atoms with Crippen molar-refractivity contribution in [2.24, 2.45) is 11.3 Å². The number of carbonyl (C=O) groups excluding carboxylic acids is 1. The van der Waals surface area contributed by atoms with Gasteiger partial charge in [-0.3, -0.25) is 4.52 Å². The number of aryl methyl sites for hydroxylation is 1. The minimum absolute atomic E-state index is 0.0612. The number of alkyl carbamates (subject to hydrolysis) is 1. The number of benzene rings is 2. The number of hydrogen-bond acceptors (Lipinski definition) is 8. The fraction of sp³-hybridized carbons (Fsp3) is 0.667. The van der Waals surface area contributed by atoms with Gasteiger partial charge in [-0.2, -0.15) is 4.31 Å². The van der Waals surface area contributed by atoms with Crippen LogP contribution in [0.25, 0.3) is 0 Å². The minimum atomic E-state index is -5.32. The lowest BCUT2D eigenvalue weighted by Gasteiger charge is -2.51. The zero-order chi connectivity index (χ0) is 40.5. The van der Waals surface area contributed by atoms with E-state index in [1.807, 2.05) is 100 Å². The Morgan fingerprint density at radius 1 is 1.04 bits per heavy atom. The molecule has 1 aliphatic rings. The van der Waals surface area contributed by atoms with Gasteiger partial charge in [0.15, 0.2) is 0 Å². The summed E-state index contributed by atoms with van der Waals surface area (Å²) in [4.78, 5) is 35.0. The fourth-order valence-electron chi connectivity index (χ4n) is 8.52. The number of phosphoric ester groups is 1. The molecule has 4 N–H and O–H groups in total. The second kappa shape index (κ2) is 16.7. The van der Waals surface area contributed by atoms with Crippen molar-refractivity contribution in [2.45, 2.75) is 149 Å². The van der Waals surface area contributed by atoms with E-state index in [1.165, 1.54) is 4.31 Å². The first-order valence-corrected chi connectivity index (χ1v) is 21.4. The number of ether oxygens (including phenoxy) is 2. The molecule has 300 valence electrons. The van der Waals surface area contributed by atoms with Gasteiger partial charge in [-0.1, -0.05) is 65.3 Å². The molecule has 0 aromatic heterocycles. The van der Waals surface area contributed by atoms with Crippen LogP contribution in [0.1, 0.15) is 110 Å². The maximum atomic E-state index is 15.3. The van der Waals surface area contributed by atoms with Crippen molar-refractivity contribution in [1.82, 2.24) is 9.62 Å². The highest BCUT2D eigenvalue weighted by Crippen LogP contribution is 2.48. The number of amides is 1. The lowest BCUT2D eigenvalue weighted by Crippen LogP contribution is -2.65. The average Bonchev–Trinajstić information content (AvgIpc) is 3.34. The standard InChI is InChI=1S/C39H64N3O9PS/c1-15-34(37(8,9)10)38(11,12)42(53(47,48)33-21-20-31(40-14)26(4)27(33)5)23-35(51-52(44,45)46)39(13,28(6)30-19-17-16-18-24(30)2)41-36(43)50-32-22-25(3)49-29(32)7/h16-21,25,28-29,32,34-35,40H,15,22-23H2,1-14H3,(H,41,43)(H2,44,45,46)/t25?,28?,29?,32-,34?,35+,39-/m0/s1. The number of sulfonamides is 1. The van der Waals surface area contributed by atoms with Crippen molar-refractivity contribution in [1.29, 1.82) is 0 Å². The third kappa shape index (κ3) is 10.0. The van der Waals surface area contributed by atoms with Crippen molar-refractivity contribution in [2.75, 3.05) is 18.9 Å². The molecule has 0 radical (unpaired) electrons. The highest BCUT2D eigenvalue weighted by Gasteiger charge is 2.53. The van der Waals surface area contributed by atoms with E-state index in [2.05, 4.69) is 10.6 Å². The topological polar surface area (TPSA) is 164 Å². The van der Waals surface area contributed by atoms with E-state index in [1.54, 1.807) is 33.0 Å². The Morgan fingerprint density at radius 3 is 2.13 bits per heavy atom. The Bertz CT molecular complexity index is 1760. The molecule has 14 heteroatoms. The van der Waals surface area contributed by atoms with Gasteiger partial charge in [0.25, 0.3) is 0 Å². The highest BCUT2D eigenvalue weighted by molar-refractivity contribution is 7.89. The van der Waals surface area contributed by atoms with Gasteiger partial charge < -0.3 is 29.9 Å². The fourth-order valence-corrected chi connectivity index (χ4v) is 11.2. The van der Waals surface area contributed by atoms with Gasteiger partial charge in [-0.05, 0) is 101 Å². The minimum Gasteiger partial charge on any atom is -0.443 e. The monoisotopic (exact) mass is 781 g/mol. The summed E-state index contributed by atoms with van der Waals surface area (Å²) in [6.45, 7) is 23.9. The summed E-state index contributed by atoms with van der Waals surface area (Å²) in [6.07, 6.45) is -2.43. The van der Waals surface area contributed by atoms with E-state index in [4.69, 9.17) is 14.0 Å². The molecule has 3 rings (SSSR count). The number of carbonyl (C=O) groups is 1. The van der Waals surface area contributed by atoms with Crippen LogP contribution < -0.4 is 10.6 Å². The number of anilines is 1. The number of rotatable bonds is 15. The van der Waals surface area contributed by atoms with Crippen LogP contribution in [0.15, 0.2) is 41.3 Å². The van der Waals surface area contributed by atoms with E-state index in [9.17, 15) is 19.1 Å². The SMILES string of the molecule is CCC(C(C)(C)C)C(C)(C)N(C[C@@H](OP(=O)(O)O)[C@@](C)(NC(=O)O[C@H]1CC(C)OC1C)C(C)c1ccccc1C)S(=O)(=O)c1ccc(NC)c(C)c1C. The van der Waals surface area contributed by atoms with E-state index >= 15 is 8.42 Å². The normalized spacial score (nSPS) is 21.5. The molecule has 1 heterocycles. The number of nitrogens with one attached hydrogen (secondary N) is 2. The molecule has 2 aromatic rings. The molecule has 0 bridgehead atoms. The largest absolute Gasteiger partial charge is 0.469 e. The average molecular weight is 782 g/mol. The second-order valence-electron chi connectivity index (χ2n) is 16.5. The van der Waals surface area contributed by atoms with E-state index in [-0.39, 0.29) is 28.4 Å². The van der Waals surface area contributed by atoms with E-state index in [0.717, 1.165) is 22.4 Å². The Balaban J connectivity index is 2.35. The lowest BCUT2D eigenvalue weighted by atomic mass is 9.68. The van der Waals surface area contributed by atoms with Crippen LogP contribution in [0.3, 0.4) is 0 Å². The van der Waals surface area contributed by atoms with Crippen molar-refractivity contribution in [3.63, 3.8) is 0 Å². The lowest BCUT2D eigenvalue weighted by molar-refractivity contribution is -0.0118. The molecule has 1 saturated heterocycles. The Hall–Kier alpha value is -2.51. The third-order valence-electron chi connectivity index (χ3n) is 11.5. The molecule has 1 amide bonds. The van der Waals surface area contributed by atoms with Gasteiger partial charge in [0, 0.05) is 37.2 Å². The molecule has 2 aromatic carbocycles. The van der Waals surface area contributed by atoms with Crippen LogP contribution in [0.2, 0.25) is 0 Å². The molecule has 0 aliphatic carbocycles. The summed E-state index contributed by atoms with van der Waals surface area (Å²) in [5.74, 6) is -0.901. The Kier molecular flexibility index (Phi) is 14.1. The summed E-state index contributed by atoms with van der Waals surface area (Å²) in [6, 6.07) is 10.7. The van der Waals surface area contributed by atoms with Gasteiger partial charge in [0.05, 0.1) is 22.6 Å². The van der Waals surface area contributed by atoms with Crippen LogP contribution in [0, 0.1) is 32.1 Å². The van der Waals surface area contributed by atoms with Gasteiger partial charge >= 0.3 is 13.9 Å². The summed E-state index contributed by atoms with van der Waals surface area (Å²) in [5.41, 5.74) is 0.524. The predicted molar refractivity (Wildman–Crippen MR) is 210 cm³/mol. The van der Waals surface area contributed by atoms with Crippen molar-refractivity contribution in [3.8, 4) is 0 Å². The van der Waals surface area contributed by atoms with Crippen LogP contribution in [-0.2, 0) is 28.6 Å². The van der Waals surface area contributed by atoms with Crippen LogP contribution in [0.5, 0.6) is 0 Å². The van der Waals surface area contributed by atoms with Crippen molar-refractivity contribution in [3.05, 3.63) is 58.7 Å². The Morgan fingerprint density at radius 2 is 1.64 bits per heavy atom. The third-order valence-corrected chi connectivity index (χ3v) is 14.2. The summed E-state index contributed by atoms with van der Waals surface area (Å²) in [7, 11) is -7.96. The summed E-state index contributed by atoms with van der Waals surface area (Å²) < 4.78 is 62.2. The molecule has 12 nitrogen and oxygen atoms in total. The first-order valence-electron chi connectivity index (χ1n) is 18.5. The van der Waals surface area contributed by atoms with E-state index in [0.29, 0.717) is 18.4 Å². The zero-order valence-electron chi connectivity index (χ0n) is 34.1. The van der Waals surface area contributed by atoms with Crippen molar-refractivity contribution < 1.29 is 41.6 Å². The van der Waals surface area contributed by atoms with Gasteiger partial charge in [-0.15, -0.1) is 0 Å². The van der Waals surface area contributed by atoms with Gasteiger partial charge in [0.1, 0.15) is 12.2 Å². The molecule has 4 unspecified atom stereocenters. The molecular formula is C39H64N3O9PS. The maximum absolute atomic E-state index is 15.3. The van der Waals surface area contributed by atoms with Crippen molar-refractivity contribution >= 4 is 29.6 Å². The Labute approximate surface area is 318 Å². The van der Waals surface area contributed by atoms with Crippen LogP contribution in [-0.4, -0.2) is 77.7 Å². The first kappa shape index (κ1) is 44.9. The smallest absolute Gasteiger partial charge is 0.443 e. The predicted octanol–water partition coefficient (Wildman–Crippen LogP) is 7.83. The maximum Gasteiger partial charge on any atom is 0.469 e. The molecule has 0 spiro atoms. The van der Waals surface area contributed by atoms with E-state index < -0.39 is 59.7 Å². The summed E-state index contributed by atoms with van der Waals surface area (Å²) in [5, 5.41) is 6.05.